The van der Waals surface area contributed by atoms with Crippen molar-refractivity contribution < 1.29 is 9.84 Å². The van der Waals surface area contributed by atoms with Crippen molar-refractivity contribution in [2.24, 2.45) is 0 Å². The van der Waals surface area contributed by atoms with Crippen molar-refractivity contribution in [3.05, 3.63) is 24.3 Å². The minimum Gasteiger partial charge on any atom is -0.488 e. The summed E-state index contributed by atoms with van der Waals surface area (Å²) < 4.78 is 5.96. The van der Waals surface area contributed by atoms with Gasteiger partial charge in [0.05, 0.1) is 6.10 Å². The Morgan fingerprint density at radius 3 is 2.72 bits per heavy atom. The van der Waals surface area contributed by atoms with Gasteiger partial charge in [-0.25, -0.2) is 0 Å². The maximum Gasteiger partial charge on any atom is 0.124 e. The molecule has 0 bridgehead atoms. The van der Waals surface area contributed by atoms with Crippen LogP contribution < -0.4 is 9.64 Å². The summed E-state index contributed by atoms with van der Waals surface area (Å²) in [5, 5.41) is 10.1. The molecule has 100 valence electrons. The van der Waals surface area contributed by atoms with Crippen molar-refractivity contribution in [2.75, 3.05) is 19.0 Å². The van der Waals surface area contributed by atoms with Gasteiger partial charge in [0.1, 0.15) is 11.9 Å². The fourth-order valence-electron chi connectivity index (χ4n) is 2.40. The standard InChI is InChI=1S/C15H23NO2/c1-16(2)12-7-6-8-13(11-12)18-15-10-5-3-4-9-14(15)17/h6-8,11,14-15,17H,3-5,9-10H2,1-2H3. The molecule has 2 rings (SSSR count). The van der Waals surface area contributed by atoms with Gasteiger partial charge >= 0.3 is 0 Å². The monoisotopic (exact) mass is 249 g/mol. The third kappa shape index (κ3) is 3.39. The summed E-state index contributed by atoms with van der Waals surface area (Å²) in [5.41, 5.74) is 1.12. The third-order valence-corrected chi connectivity index (χ3v) is 3.54. The number of aliphatic hydroxyl groups excluding tert-OH is 1. The summed E-state index contributed by atoms with van der Waals surface area (Å²) in [7, 11) is 4.03. The van der Waals surface area contributed by atoms with E-state index in [1.165, 1.54) is 6.42 Å². The molecule has 0 spiro atoms. The largest absolute Gasteiger partial charge is 0.488 e. The first kappa shape index (κ1) is 13.2. The molecule has 3 nitrogen and oxygen atoms in total. The van der Waals surface area contributed by atoms with E-state index in [0.717, 1.165) is 37.1 Å². The molecule has 1 aromatic rings. The predicted molar refractivity (Wildman–Crippen MR) is 74.3 cm³/mol. The zero-order valence-corrected chi connectivity index (χ0v) is 11.3. The van der Waals surface area contributed by atoms with Gasteiger partial charge in [0.25, 0.3) is 0 Å². The Hall–Kier alpha value is -1.22. The summed E-state index contributed by atoms with van der Waals surface area (Å²) in [6, 6.07) is 8.03. The zero-order valence-electron chi connectivity index (χ0n) is 11.3. The Bertz CT molecular complexity index is 379. The fraction of sp³-hybridized carbons (Fsp3) is 0.600. The van der Waals surface area contributed by atoms with E-state index < -0.39 is 0 Å². The molecule has 1 aliphatic rings. The van der Waals surface area contributed by atoms with Crippen molar-refractivity contribution >= 4 is 5.69 Å². The molecular weight excluding hydrogens is 226 g/mol. The molecule has 0 aliphatic heterocycles. The number of ether oxygens (including phenoxy) is 1. The number of anilines is 1. The smallest absolute Gasteiger partial charge is 0.124 e. The van der Waals surface area contributed by atoms with Gasteiger partial charge < -0.3 is 14.7 Å². The minimum absolute atomic E-state index is 0.0510. The second-order valence-corrected chi connectivity index (χ2v) is 5.25. The molecule has 0 aromatic heterocycles. The van der Waals surface area contributed by atoms with Crippen molar-refractivity contribution in [1.82, 2.24) is 0 Å². The molecule has 1 fully saturated rings. The van der Waals surface area contributed by atoms with E-state index in [-0.39, 0.29) is 12.2 Å². The molecule has 1 aliphatic carbocycles. The first-order valence-electron chi connectivity index (χ1n) is 6.79. The summed E-state index contributed by atoms with van der Waals surface area (Å²) in [5.74, 6) is 0.854. The molecule has 0 amide bonds. The number of nitrogens with zero attached hydrogens (tertiary/aromatic N) is 1. The average Bonchev–Trinajstić information content (AvgIpc) is 2.55. The van der Waals surface area contributed by atoms with Crippen LogP contribution in [-0.2, 0) is 0 Å². The molecular formula is C15H23NO2. The highest BCUT2D eigenvalue weighted by Crippen LogP contribution is 2.25. The molecule has 0 heterocycles. The first-order valence-corrected chi connectivity index (χ1v) is 6.79. The van der Waals surface area contributed by atoms with Crippen LogP contribution in [0, 0.1) is 0 Å². The fourth-order valence-corrected chi connectivity index (χ4v) is 2.40. The van der Waals surface area contributed by atoms with Gasteiger partial charge in [-0.2, -0.15) is 0 Å². The van der Waals surface area contributed by atoms with Crippen molar-refractivity contribution in [3.8, 4) is 5.75 Å². The number of rotatable bonds is 3. The van der Waals surface area contributed by atoms with Crippen LogP contribution in [0.2, 0.25) is 0 Å². The van der Waals surface area contributed by atoms with Gasteiger partial charge in [-0.1, -0.05) is 18.9 Å². The highest BCUT2D eigenvalue weighted by molar-refractivity contribution is 5.49. The quantitative estimate of drug-likeness (QED) is 0.836. The molecule has 18 heavy (non-hydrogen) atoms. The van der Waals surface area contributed by atoms with Crippen molar-refractivity contribution in [1.29, 1.82) is 0 Å². The highest BCUT2D eigenvalue weighted by Gasteiger charge is 2.23. The van der Waals surface area contributed by atoms with Crippen LogP contribution in [0.4, 0.5) is 5.69 Å². The second-order valence-electron chi connectivity index (χ2n) is 5.25. The summed E-state index contributed by atoms with van der Waals surface area (Å²) in [4.78, 5) is 2.05. The average molecular weight is 249 g/mol. The lowest BCUT2D eigenvalue weighted by atomic mass is 10.1. The Kier molecular flexibility index (Phi) is 4.48. The van der Waals surface area contributed by atoms with E-state index in [2.05, 4.69) is 11.0 Å². The van der Waals surface area contributed by atoms with E-state index in [9.17, 15) is 5.11 Å². The van der Waals surface area contributed by atoms with E-state index in [1.807, 2.05) is 32.3 Å². The molecule has 3 heteroatoms. The molecule has 1 aromatic carbocycles. The zero-order chi connectivity index (χ0) is 13.0. The number of hydrogen-bond donors (Lipinski definition) is 1. The maximum atomic E-state index is 10.1. The Morgan fingerprint density at radius 1 is 1.17 bits per heavy atom. The minimum atomic E-state index is -0.324. The van der Waals surface area contributed by atoms with Gasteiger partial charge in [0, 0.05) is 25.8 Å². The second kappa shape index (κ2) is 6.10. The van der Waals surface area contributed by atoms with Gasteiger partial charge in [-0.05, 0) is 31.4 Å². The van der Waals surface area contributed by atoms with Crippen LogP contribution in [0.25, 0.3) is 0 Å². The SMILES string of the molecule is CN(C)c1cccc(OC2CCCCCC2O)c1. The first-order chi connectivity index (χ1) is 8.66. The lowest BCUT2D eigenvalue weighted by molar-refractivity contribution is 0.0320. The van der Waals surface area contributed by atoms with Crippen molar-refractivity contribution in [2.45, 2.75) is 44.3 Å². The lowest BCUT2D eigenvalue weighted by Crippen LogP contribution is -2.30. The predicted octanol–water partition coefficient (Wildman–Crippen LogP) is 2.83. The molecule has 1 saturated carbocycles. The number of benzene rings is 1. The third-order valence-electron chi connectivity index (χ3n) is 3.54. The molecule has 0 radical (unpaired) electrons. The van der Waals surface area contributed by atoms with Crippen LogP contribution in [0.15, 0.2) is 24.3 Å². The van der Waals surface area contributed by atoms with E-state index in [0.29, 0.717) is 0 Å². The van der Waals surface area contributed by atoms with Crippen LogP contribution in [0.5, 0.6) is 5.75 Å². The van der Waals surface area contributed by atoms with Crippen molar-refractivity contribution in [3.63, 3.8) is 0 Å². The van der Waals surface area contributed by atoms with E-state index >= 15 is 0 Å². The van der Waals surface area contributed by atoms with Gasteiger partial charge in [-0.3, -0.25) is 0 Å². The van der Waals surface area contributed by atoms with Crippen LogP contribution in [-0.4, -0.2) is 31.4 Å². The van der Waals surface area contributed by atoms with Gasteiger partial charge in [0.2, 0.25) is 0 Å². The molecule has 2 atom stereocenters. The van der Waals surface area contributed by atoms with Crippen LogP contribution in [0.1, 0.15) is 32.1 Å². The normalized spacial score (nSPS) is 24.4. The molecule has 0 saturated heterocycles. The Morgan fingerprint density at radius 2 is 1.94 bits per heavy atom. The summed E-state index contributed by atoms with van der Waals surface area (Å²) in [6.45, 7) is 0. The Balaban J connectivity index is 2.05. The Labute approximate surface area is 109 Å². The number of hydrogen-bond acceptors (Lipinski definition) is 3. The van der Waals surface area contributed by atoms with Crippen LogP contribution in [0.3, 0.4) is 0 Å². The van der Waals surface area contributed by atoms with E-state index in [4.69, 9.17) is 4.74 Å². The van der Waals surface area contributed by atoms with Gasteiger partial charge in [-0.15, -0.1) is 0 Å². The highest BCUT2D eigenvalue weighted by atomic mass is 16.5. The topological polar surface area (TPSA) is 32.7 Å². The summed E-state index contributed by atoms with van der Waals surface area (Å²) >= 11 is 0. The van der Waals surface area contributed by atoms with Gasteiger partial charge in [0.15, 0.2) is 0 Å². The molecule has 2 unspecified atom stereocenters. The number of aliphatic hydroxyl groups is 1. The summed E-state index contributed by atoms with van der Waals surface area (Å²) in [6.07, 6.45) is 4.90. The maximum absolute atomic E-state index is 10.1. The van der Waals surface area contributed by atoms with E-state index in [1.54, 1.807) is 0 Å². The lowest BCUT2D eigenvalue weighted by Gasteiger charge is -2.23. The van der Waals surface area contributed by atoms with Crippen LogP contribution >= 0.6 is 0 Å². The molecule has 1 N–H and O–H groups in total.